The third kappa shape index (κ3) is 6.45. The Balaban J connectivity index is 0. The number of hydrogen-bond donors (Lipinski definition) is 0. The van der Waals surface area contributed by atoms with Crippen LogP contribution in [0.3, 0.4) is 0 Å². The smallest absolute Gasteiger partial charge is 1.00 e. The van der Waals surface area contributed by atoms with Crippen molar-refractivity contribution < 1.29 is 9.00 Å². The number of hydrogen-bond acceptors (Lipinski definition) is 2. The summed E-state index contributed by atoms with van der Waals surface area (Å²) in [6.07, 6.45) is 0. The molecule has 0 aromatic heterocycles. The molecule has 0 saturated carbocycles. The number of rotatable bonds is 4. The Hall–Kier alpha value is 0.452. The van der Waals surface area contributed by atoms with E-state index in [-0.39, 0.29) is 17.3 Å². The van der Waals surface area contributed by atoms with E-state index in [0.29, 0.717) is 0 Å². The van der Waals surface area contributed by atoms with Gasteiger partial charge >= 0.3 is 50.5 Å². The Morgan fingerprint density at radius 2 is 1.71 bits per heavy atom. The second-order valence-corrected chi connectivity index (χ2v) is 1.87. The molecular weight excluding hydrogens is 107 g/mol. The van der Waals surface area contributed by atoms with Gasteiger partial charge in [-0.25, -0.2) is 0 Å². The molecular formula is C4H11AlO2. The summed E-state index contributed by atoms with van der Waals surface area (Å²) in [5.74, 6) is 0. The van der Waals surface area contributed by atoms with Gasteiger partial charge in [0.2, 0.25) is 0 Å². The Kier molecular flexibility index (Phi) is 6.87. The van der Waals surface area contributed by atoms with Gasteiger partial charge in [0.1, 0.15) is 0 Å². The van der Waals surface area contributed by atoms with Gasteiger partial charge in [0.05, 0.1) is 0 Å². The summed E-state index contributed by atoms with van der Waals surface area (Å²) in [5, 5.41) is 0. The molecule has 0 atom stereocenters. The van der Waals surface area contributed by atoms with Crippen molar-refractivity contribution in [2.24, 2.45) is 0 Å². The SMILES string of the molecule is CC[O][Al+][O]CC.[H-]. The fourth-order valence-corrected chi connectivity index (χ4v) is 0.553. The average Bonchev–Trinajstić information content (AvgIpc) is 1.69. The van der Waals surface area contributed by atoms with Gasteiger partial charge in [-0.3, -0.25) is 0 Å². The molecule has 0 rings (SSSR count). The molecule has 0 saturated heterocycles. The van der Waals surface area contributed by atoms with E-state index in [0.717, 1.165) is 13.2 Å². The molecule has 0 aromatic carbocycles. The Bertz CT molecular complexity index is 33.2. The fourth-order valence-electron chi connectivity index (χ4n) is 0.184. The second-order valence-electron chi connectivity index (χ2n) is 1.01. The Morgan fingerprint density at radius 3 is 2.00 bits per heavy atom. The summed E-state index contributed by atoms with van der Waals surface area (Å²) in [5.41, 5.74) is 0. The fraction of sp³-hybridized carbons (Fsp3) is 1.00. The Morgan fingerprint density at radius 1 is 1.29 bits per heavy atom. The molecule has 2 nitrogen and oxygen atoms in total. The predicted octanol–water partition coefficient (Wildman–Crippen LogP) is 0.706. The first-order valence-corrected chi connectivity index (χ1v) is 3.41. The zero-order chi connectivity index (χ0) is 5.54. The van der Waals surface area contributed by atoms with Gasteiger partial charge in [-0.1, -0.05) is 0 Å². The summed E-state index contributed by atoms with van der Waals surface area (Å²) >= 11 is -0.178. The van der Waals surface area contributed by atoms with Crippen LogP contribution in [0, 0.1) is 0 Å². The quantitative estimate of drug-likeness (QED) is 0.399. The minimum Gasteiger partial charge on any atom is -1.00 e. The van der Waals surface area contributed by atoms with E-state index in [1.807, 2.05) is 13.8 Å². The Labute approximate surface area is 52.7 Å². The molecule has 0 fully saturated rings. The monoisotopic (exact) mass is 118 g/mol. The van der Waals surface area contributed by atoms with Crippen molar-refractivity contribution >= 4 is 15.9 Å². The van der Waals surface area contributed by atoms with E-state index < -0.39 is 0 Å². The third-order valence-corrected chi connectivity index (χ3v) is 1.41. The van der Waals surface area contributed by atoms with Crippen LogP contribution in [-0.2, 0) is 7.58 Å². The molecule has 0 heterocycles. The van der Waals surface area contributed by atoms with Crippen molar-refractivity contribution in [3.63, 3.8) is 0 Å². The van der Waals surface area contributed by atoms with Crippen LogP contribution in [0.5, 0.6) is 0 Å². The van der Waals surface area contributed by atoms with Crippen molar-refractivity contribution in [1.82, 2.24) is 0 Å². The van der Waals surface area contributed by atoms with Crippen LogP contribution in [-0.4, -0.2) is 29.1 Å². The molecule has 0 aliphatic rings. The van der Waals surface area contributed by atoms with Crippen molar-refractivity contribution in [2.75, 3.05) is 13.2 Å². The van der Waals surface area contributed by atoms with Crippen LogP contribution in [0.2, 0.25) is 0 Å². The second kappa shape index (κ2) is 6.45. The largest absolute Gasteiger partial charge is 1.00 e. The zero-order valence-electron chi connectivity index (χ0n) is 5.81. The van der Waals surface area contributed by atoms with E-state index in [9.17, 15) is 0 Å². The summed E-state index contributed by atoms with van der Waals surface area (Å²) in [7, 11) is 0. The van der Waals surface area contributed by atoms with Crippen molar-refractivity contribution in [3.8, 4) is 0 Å². The minimum absolute atomic E-state index is 0. The molecule has 0 aromatic rings. The van der Waals surface area contributed by atoms with E-state index >= 15 is 0 Å². The summed E-state index contributed by atoms with van der Waals surface area (Å²) in [4.78, 5) is 0. The molecule has 0 radical (unpaired) electrons. The van der Waals surface area contributed by atoms with Gasteiger partial charge in [-0.15, -0.1) is 0 Å². The summed E-state index contributed by atoms with van der Waals surface area (Å²) in [6, 6.07) is 0. The van der Waals surface area contributed by atoms with Crippen LogP contribution >= 0.6 is 0 Å². The first-order valence-electron chi connectivity index (χ1n) is 2.46. The first-order chi connectivity index (χ1) is 3.41. The zero-order valence-corrected chi connectivity index (χ0v) is 5.96. The van der Waals surface area contributed by atoms with Crippen LogP contribution < -0.4 is 0 Å². The van der Waals surface area contributed by atoms with Gasteiger partial charge in [0, 0.05) is 0 Å². The van der Waals surface area contributed by atoms with Crippen LogP contribution in [0.15, 0.2) is 0 Å². The maximum absolute atomic E-state index is 4.94. The van der Waals surface area contributed by atoms with Crippen LogP contribution in [0.1, 0.15) is 15.3 Å². The molecule has 0 spiro atoms. The molecule has 0 aliphatic carbocycles. The third-order valence-electron chi connectivity index (χ3n) is 0.469. The first kappa shape index (κ1) is 7.45. The predicted molar refractivity (Wildman–Crippen MR) is 30.1 cm³/mol. The molecule has 0 aliphatic heterocycles. The molecule has 3 heteroatoms. The maximum Gasteiger partial charge on any atom is -1.00 e. The molecule has 42 valence electrons. The van der Waals surface area contributed by atoms with Gasteiger partial charge in [0.25, 0.3) is 0 Å². The average molecular weight is 118 g/mol. The van der Waals surface area contributed by atoms with Gasteiger partial charge in [-0.05, 0) is 0 Å². The molecule has 0 bridgehead atoms. The normalized spacial score (nSPS) is 8.29. The summed E-state index contributed by atoms with van der Waals surface area (Å²) < 4.78 is 9.87. The van der Waals surface area contributed by atoms with Crippen molar-refractivity contribution in [2.45, 2.75) is 13.8 Å². The standard InChI is InChI=1S/2C2H5O.Al.H/c2*1-2-3;;/h2*2H2,1H3;;/q2*-1;+3;-1. The molecule has 7 heavy (non-hydrogen) atoms. The molecule has 0 unspecified atom stereocenters. The van der Waals surface area contributed by atoms with Crippen LogP contribution in [0.4, 0.5) is 0 Å². The van der Waals surface area contributed by atoms with Crippen molar-refractivity contribution in [3.05, 3.63) is 0 Å². The van der Waals surface area contributed by atoms with Crippen LogP contribution in [0.25, 0.3) is 0 Å². The molecule has 0 amide bonds. The maximum atomic E-state index is 4.94. The van der Waals surface area contributed by atoms with E-state index in [1.54, 1.807) is 0 Å². The molecule has 0 N–H and O–H groups in total. The van der Waals surface area contributed by atoms with Crippen molar-refractivity contribution in [1.29, 1.82) is 0 Å². The van der Waals surface area contributed by atoms with E-state index in [4.69, 9.17) is 7.58 Å². The van der Waals surface area contributed by atoms with Gasteiger partial charge in [-0.2, -0.15) is 0 Å². The van der Waals surface area contributed by atoms with E-state index in [1.165, 1.54) is 0 Å². The van der Waals surface area contributed by atoms with Gasteiger partial charge in [0.15, 0.2) is 0 Å². The minimum atomic E-state index is -0.178. The topological polar surface area (TPSA) is 18.5 Å². The van der Waals surface area contributed by atoms with Gasteiger partial charge < -0.3 is 1.43 Å². The van der Waals surface area contributed by atoms with E-state index in [2.05, 4.69) is 0 Å². The summed E-state index contributed by atoms with van der Waals surface area (Å²) in [6.45, 7) is 5.47.